The molecule has 7 heteroatoms. The smallest absolute Gasteiger partial charge is 0.246 e. The highest BCUT2D eigenvalue weighted by molar-refractivity contribution is 6.30. The Morgan fingerprint density at radius 3 is 2.31 bits per heavy atom. The van der Waals surface area contributed by atoms with Crippen molar-refractivity contribution in [2.75, 3.05) is 39.8 Å². The second-order valence-electron chi connectivity index (χ2n) is 9.68. The van der Waals surface area contributed by atoms with Crippen molar-refractivity contribution in [2.45, 2.75) is 43.3 Å². The molecule has 2 fully saturated rings. The Balaban J connectivity index is 1.22. The van der Waals surface area contributed by atoms with Crippen LogP contribution in [0.4, 0.5) is 0 Å². The molecule has 6 nitrogen and oxygen atoms in total. The summed E-state index contributed by atoms with van der Waals surface area (Å²) < 4.78 is 5.25. The minimum atomic E-state index is -1.16. The molecule has 2 heterocycles. The van der Waals surface area contributed by atoms with Crippen molar-refractivity contribution in [1.29, 1.82) is 0 Å². The number of benzene rings is 2. The van der Waals surface area contributed by atoms with E-state index in [2.05, 4.69) is 17.0 Å². The Morgan fingerprint density at radius 1 is 1.09 bits per heavy atom. The van der Waals surface area contributed by atoms with Crippen LogP contribution in [0.3, 0.4) is 0 Å². The van der Waals surface area contributed by atoms with E-state index in [9.17, 15) is 15.0 Å². The summed E-state index contributed by atoms with van der Waals surface area (Å²) >= 11 is 5.90. The number of likely N-dealkylation sites (tertiary alicyclic amines) is 2. The van der Waals surface area contributed by atoms with Crippen molar-refractivity contribution in [3.8, 4) is 5.75 Å². The van der Waals surface area contributed by atoms with E-state index in [4.69, 9.17) is 16.3 Å². The first-order chi connectivity index (χ1) is 16.9. The molecule has 35 heavy (non-hydrogen) atoms. The molecule has 4 rings (SSSR count). The molecule has 1 unspecified atom stereocenters. The molecule has 1 atom stereocenters. The Morgan fingerprint density at radius 2 is 1.71 bits per heavy atom. The maximum Gasteiger partial charge on any atom is 0.246 e. The van der Waals surface area contributed by atoms with Gasteiger partial charge in [0.05, 0.1) is 18.8 Å². The van der Waals surface area contributed by atoms with E-state index >= 15 is 0 Å². The van der Waals surface area contributed by atoms with E-state index in [-0.39, 0.29) is 5.91 Å². The summed E-state index contributed by atoms with van der Waals surface area (Å²) in [5.41, 5.74) is 1.07. The summed E-state index contributed by atoms with van der Waals surface area (Å²) in [6.45, 7) is 3.10. The van der Waals surface area contributed by atoms with Gasteiger partial charge in [-0.1, -0.05) is 35.9 Å². The molecule has 0 aromatic heterocycles. The number of halogens is 1. The first-order valence-corrected chi connectivity index (χ1v) is 12.7. The van der Waals surface area contributed by atoms with Gasteiger partial charge < -0.3 is 24.7 Å². The molecule has 0 bridgehead atoms. The number of carbonyl (C=O) groups is 1. The Hall–Kier alpha value is -2.38. The highest BCUT2D eigenvalue weighted by Gasteiger charge is 2.40. The summed E-state index contributed by atoms with van der Waals surface area (Å²) in [6.07, 6.45) is 5.29. The number of nitrogens with zero attached hydrogens (tertiary/aromatic N) is 2. The van der Waals surface area contributed by atoms with Crippen LogP contribution < -0.4 is 4.74 Å². The normalized spacial score (nSPS) is 20.2. The molecule has 2 aromatic rings. The van der Waals surface area contributed by atoms with E-state index in [0.717, 1.165) is 37.2 Å². The molecular formula is C28H35ClN2O4. The lowest BCUT2D eigenvalue weighted by molar-refractivity contribution is -0.140. The van der Waals surface area contributed by atoms with E-state index in [1.807, 2.05) is 24.3 Å². The summed E-state index contributed by atoms with van der Waals surface area (Å²) in [5.74, 6) is 1.29. The molecular weight excluding hydrogens is 464 g/mol. The van der Waals surface area contributed by atoms with Gasteiger partial charge in [-0.2, -0.15) is 0 Å². The zero-order valence-corrected chi connectivity index (χ0v) is 21.0. The van der Waals surface area contributed by atoms with Crippen LogP contribution >= 0.6 is 11.6 Å². The van der Waals surface area contributed by atoms with Crippen molar-refractivity contribution < 1.29 is 19.7 Å². The number of methoxy groups -OCH3 is 1. The number of rotatable bonds is 7. The lowest BCUT2D eigenvalue weighted by Gasteiger charge is -2.43. The van der Waals surface area contributed by atoms with Gasteiger partial charge in [-0.25, -0.2) is 0 Å². The minimum Gasteiger partial charge on any atom is -0.497 e. The van der Waals surface area contributed by atoms with Gasteiger partial charge in [-0.3, -0.25) is 4.79 Å². The van der Waals surface area contributed by atoms with E-state index < -0.39 is 11.7 Å². The number of hydrogen-bond acceptors (Lipinski definition) is 5. The van der Waals surface area contributed by atoms with Gasteiger partial charge in [-0.05, 0) is 86.2 Å². The Labute approximate surface area is 212 Å². The van der Waals surface area contributed by atoms with Crippen LogP contribution in [0.2, 0.25) is 5.02 Å². The van der Waals surface area contributed by atoms with Crippen LogP contribution in [0.1, 0.15) is 42.7 Å². The molecule has 0 aliphatic carbocycles. The van der Waals surface area contributed by atoms with Crippen LogP contribution in [0.25, 0.3) is 6.08 Å². The fraction of sp³-hybridized carbons (Fsp3) is 0.464. The minimum absolute atomic E-state index is 0.0860. The van der Waals surface area contributed by atoms with Crippen LogP contribution in [0.5, 0.6) is 5.75 Å². The van der Waals surface area contributed by atoms with Crippen molar-refractivity contribution >= 4 is 23.6 Å². The molecule has 0 spiro atoms. The van der Waals surface area contributed by atoms with Gasteiger partial charge in [-0.15, -0.1) is 0 Å². The Bertz CT molecular complexity index is 993. The highest BCUT2D eigenvalue weighted by Crippen LogP contribution is 2.31. The quantitative estimate of drug-likeness (QED) is 0.565. The van der Waals surface area contributed by atoms with Gasteiger partial charge in [0, 0.05) is 30.7 Å². The van der Waals surface area contributed by atoms with Gasteiger partial charge >= 0.3 is 0 Å². The number of amides is 1. The third kappa shape index (κ3) is 6.64. The SMILES string of the molecule is COc1ccc(C2CCN(CC(O)C3(O)CCN(C(=O)/C=C/c4ccc(Cl)cc4)CC3)CC2)cc1. The Kier molecular flexibility index (Phi) is 8.50. The predicted molar refractivity (Wildman–Crippen MR) is 139 cm³/mol. The summed E-state index contributed by atoms with van der Waals surface area (Å²) in [6, 6.07) is 15.6. The average molecular weight is 499 g/mol. The zero-order valence-electron chi connectivity index (χ0n) is 20.3. The van der Waals surface area contributed by atoms with Crippen molar-refractivity contribution in [2.24, 2.45) is 0 Å². The summed E-state index contributed by atoms with van der Waals surface area (Å²) in [5, 5.41) is 22.7. The van der Waals surface area contributed by atoms with Crippen LogP contribution in [-0.4, -0.2) is 77.5 Å². The third-order valence-corrected chi connectivity index (χ3v) is 7.71. The molecule has 0 saturated carbocycles. The van der Waals surface area contributed by atoms with Gasteiger partial charge in [0.2, 0.25) is 5.91 Å². The predicted octanol–water partition coefficient (Wildman–Crippen LogP) is 3.96. The molecule has 0 radical (unpaired) electrons. The fourth-order valence-electron chi connectivity index (χ4n) is 5.03. The maximum absolute atomic E-state index is 12.6. The highest BCUT2D eigenvalue weighted by atomic mass is 35.5. The van der Waals surface area contributed by atoms with Gasteiger partial charge in [0.15, 0.2) is 0 Å². The lowest BCUT2D eigenvalue weighted by atomic mass is 9.84. The topological polar surface area (TPSA) is 73.2 Å². The lowest BCUT2D eigenvalue weighted by Crippen LogP contribution is -2.56. The number of aliphatic hydroxyl groups is 2. The van der Waals surface area contributed by atoms with Crippen molar-refractivity contribution in [3.63, 3.8) is 0 Å². The number of aliphatic hydroxyl groups excluding tert-OH is 1. The monoisotopic (exact) mass is 498 g/mol. The molecule has 2 aromatic carbocycles. The number of piperidine rings is 2. The number of carbonyl (C=O) groups excluding carboxylic acids is 1. The largest absolute Gasteiger partial charge is 0.497 e. The number of ether oxygens (including phenoxy) is 1. The average Bonchev–Trinajstić information content (AvgIpc) is 2.89. The van der Waals surface area contributed by atoms with Crippen molar-refractivity contribution in [1.82, 2.24) is 9.80 Å². The molecule has 2 saturated heterocycles. The third-order valence-electron chi connectivity index (χ3n) is 7.46. The summed E-state index contributed by atoms with van der Waals surface area (Å²) in [7, 11) is 1.68. The van der Waals surface area contributed by atoms with Crippen LogP contribution in [0.15, 0.2) is 54.6 Å². The zero-order chi connectivity index (χ0) is 24.8. The van der Waals surface area contributed by atoms with E-state index in [1.54, 1.807) is 36.3 Å². The van der Waals surface area contributed by atoms with Crippen LogP contribution in [-0.2, 0) is 4.79 Å². The number of hydrogen-bond donors (Lipinski definition) is 2. The van der Waals surface area contributed by atoms with E-state index in [0.29, 0.717) is 43.4 Å². The fourth-order valence-corrected chi connectivity index (χ4v) is 5.16. The number of β-amino-alcohol motifs (C(OH)–C–C–N with tert-alkyl or cyclic N) is 1. The maximum atomic E-state index is 12.6. The second kappa shape index (κ2) is 11.6. The van der Waals surface area contributed by atoms with Crippen molar-refractivity contribution in [3.05, 3.63) is 70.8 Å². The molecule has 2 aliphatic rings. The summed E-state index contributed by atoms with van der Waals surface area (Å²) in [4.78, 5) is 16.5. The first kappa shape index (κ1) is 25.7. The second-order valence-corrected chi connectivity index (χ2v) is 10.1. The first-order valence-electron chi connectivity index (χ1n) is 12.4. The molecule has 2 N–H and O–H groups in total. The molecule has 188 valence electrons. The van der Waals surface area contributed by atoms with Gasteiger partial charge in [0.25, 0.3) is 0 Å². The van der Waals surface area contributed by atoms with Gasteiger partial charge in [0.1, 0.15) is 5.75 Å². The van der Waals surface area contributed by atoms with Crippen LogP contribution in [0, 0.1) is 0 Å². The van der Waals surface area contributed by atoms with E-state index in [1.165, 1.54) is 5.56 Å². The molecule has 2 aliphatic heterocycles. The standard InChI is InChI=1S/C28H35ClN2O4/c1-35-25-9-5-22(6-10-25)23-12-16-30(17-13-23)20-26(32)28(34)14-18-31(19-15-28)27(33)11-4-21-2-7-24(29)8-3-21/h2-11,23,26,32,34H,12-20H2,1H3/b11-4+. The molecule has 1 amide bonds.